The minimum atomic E-state index is -4.04. The van der Waals surface area contributed by atoms with Crippen LogP contribution in [0.25, 0.3) is 0 Å². The van der Waals surface area contributed by atoms with Crippen molar-refractivity contribution >= 4 is 21.9 Å². The third-order valence-electron chi connectivity index (χ3n) is 3.43. The summed E-state index contributed by atoms with van der Waals surface area (Å²) in [6.07, 6.45) is 0. The van der Waals surface area contributed by atoms with Crippen molar-refractivity contribution in [3.63, 3.8) is 0 Å². The molecule has 0 aliphatic rings. The lowest BCUT2D eigenvalue weighted by molar-refractivity contribution is -0.140. The summed E-state index contributed by atoms with van der Waals surface area (Å²) in [5.74, 6) is -1.97. The van der Waals surface area contributed by atoms with Crippen molar-refractivity contribution in [1.82, 2.24) is 9.62 Å². The Morgan fingerprint density at radius 3 is 2.39 bits per heavy atom. The fraction of sp³-hybridized carbons (Fsp3) is 0.467. The van der Waals surface area contributed by atoms with Gasteiger partial charge in [-0.1, -0.05) is 19.9 Å². The van der Waals surface area contributed by atoms with E-state index in [9.17, 15) is 18.0 Å². The molecule has 0 heterocycles. The Morgan fingerprint density at radius 1 is 1.30 bits per heavy atom. The molecule has 23 heavy (non-hydrogen) atoms. The smallest absolute Gasteiger partial charge is 0.322 e. The molecule has 1 amide bonds. The third-order valence-corrected chi connectivity index (χ3v) is 4.87. The SMILES string of the molecule is CCN(C)C(=O)c1cccc(S(=O)(=O)NC(C(=O)O)C(C)C)c1. The number of amides is 1. The van der Waals surface area contributed by atoms with Crippen LogP contribution in [0.1, 0.15) is 31.1 Å². The number of benzene rings is 1. The minimum Gasteiger partial charge on any atom is -0.480 e. The number of nitrogens with one attached hydrogen (secondary N) is 1. The van der Waals surface area contributed by atoms with Gasteiger partial charge in [0, 0.05) is 19.2 Å². The van der Waals surface area contributed by atoms with Gasteiger partial charge >= 0.3 is 5.97 Å². The van der Waals surface area contributed by atoms with Gasteiger partial charge in [0.05, 0.1) is 4.90 Å². The molecular formula is C15H22N2O5S. The molecule has 0 spiro atoms. The van der Waals surface area contributed by atoms with E-state index < -0.39 is 28.0 Å². The predicted octanol–water partition coefficient (Wildman–Crippen LogP) is 1.17. The van der Waals surface area contributed by atoms with E-state index in [-0.39, 0.29) is 16.4 Å². The van der Waals surface area contributed by atoms with Gasteiger partial charge in [-0.05, 0) is 31.0 Å². The number of hydrogen-bond donors (Lipinski definition) is 2. The molecule has 8 heteroatoms. The van der Waals surface area contributed by atoms with Crippen molar-refractivity contribution in [2.24, 2.45) is 5.92 Å². The second kappa shape index (κ2) is 7.56. The topological polar surface area (TPSA) is 104 Å². The number of aliphatic carboxylic acids is 1. The number of carbonyl (C=O) groups is 2. The van der Waals surface area contributed by atoms with E-state index in [0.717, 1.165) is 0 Å². The third kappa shape index (κ3) is 4.77. The fourth-order valence-corrected chi connectivity index (χ4v) is 3.25. The molecule has 0 fully saturated rings. The monoisotopic (exact) mass is 342 g/mol. The first-order chi connectivity index (χ1) is 10.6. The van der Waals surface area contributed by atoms with E-state index in [1.54, 1.807) is 27.8 Å². The van der Waals surface area contributed by atoms with E-state index in [4.69, 9.17) is 5.11 Å². The Morgan fingerprint density at radius 2 is 1.91 bits per heavy atom. The van der Waals surface area contributed by atoms with Gasteiger partial charge in [0.2, 0.25) is 10.0 Å². The summed E-state index contributed by atoms with van der Waals surface area (Å²) in [6, 6.07) is 4.30. The predicted molar refractivity (Wildman–Crippen MR) is 85.7 cm³/mol. The first-order valence-electron chi connectivity index (χ1n) is 7.20. The highest BCUT2D eigenvalue weighted by atomic mass is 32.2. The zero-order chi connectivity index (χ0) is 17.8. The van der Waals surface area contributed by atoms with Crippen molar-refractivity contribution < 1.29 is 23.1 Å². The summed E-state index contributed by atoms with van der Waals surface area (Å²) >= 11 is 0. The van der Waals surface area contributed by atoms with Gasteiger partial charge in [0.15, 0.2) is 0 Å². The fourth-order valence-electron chi connectivity index (χ4n) is 1.87. The van der Waals surface area contributed by atoms with Crippen molar-refractivity contribution in [1.29, 1.82) is 0 Å². The van der Waals surface area contributed by atoms with Crippen LogP contribution in [0.5, 0.6) is 0 Å². The maximum absolute atomic E-state index is 12.4. The molecule has 0 aliphatic heterocycles. The maximum atomic E-state index is 12.4. The quantitative estimate of drug-likeness (QED) is 0.774. The average Bonchev–Trinajstić information content (AvgIpc) is 2.50. The van der Waals surface area contributed by atoms with Crippen molar-refractivity contribution in [3.05, 3.63) is 29.8 Å². The largest absolute Gasteiger partial charge is 0.480 e. The lowest BCUT2D eigenvalue weighted by Gasteiger charge is -2.19. The minimum absolute atomic E-state index is 0.139. The van der Waals surface area contributed by atoms with Crippen LogP contribution >= 0.6 is 0 Å². The lowest BCUT2D eigenvalue weighted by Crippen LogP contribution is -2.44. The van der Waals surface area contributed by atoms with Crippen LogP contribution in [0.15, 0.2) is 29.2 Å². The van der Waals surface area contributed by atoms with Crippen molar-refractivity contribution in [3.8, 4) is 0 Å². The zero-order valence-corrected chi connectivity index (χ0v) is 14.4. The second-order valence-corrected chi connectivity index (χ2v) is 7.24. The maximum Gasteiger partial charge on any atom is 0.322 e. The van der Waals surface area contributed by atoms with Gasteiger partial charge in [0.1, 0.15) is 6.04 Å². The molecule has 1 unspecified atom stereocenters. The molecule has 128 valence electrons. The molecule has 2 N–H and O–H groups in total. The van der Waals surface area contributed by atoms with Gasteiger partial charge in [0.25, 0.3) is 5.91 Å². The normalized spacial score (nSPS) is 12.9. The van der Waals surface area contributed by atoms with E-state index in [1.807, 2.05) is 0 Å². The van der Waals surface area contributed by atoms with E-state index >= 15 is 0 Å². The van der Waals surface area contributed by atoms with Gasteiger partial charge in [-0.2, -0.15) is 4.72 Å². The molecule has 7 nitrogen and oxygen atoms in total. The van der Waals surface area contributed by atoms with Crippen LogP contribution in [-0.2, 0) is 14.8 Å². The number of carboxylic acids is 1. The van der Waals surface area contributed by atoms with Crippen LogP contribution in [0.3, 0.4) is 0 Å². The Kier molecular flexibility index (Phi) is 6.28. The van der Waals surface area contributed by atoms with Crippen LogP contribution in [0, 0.1) is 5.92 Å². The molecule has 0 radical (unpaired) electrons. The van der Waals surface area contributed by atoms with E-state index in [1.165, 1.54) is 29.2 Å². The van der Waals surface area contributed by atoms with Gasteiger partial charge in [-0.3, -0.25) is 9.59 Å². The molecule has 0 bridgehead atoms. The van der Waals surface area contributed by atoms with Crippen molar-refractivity contribution in [2.45, 2.75) is 31.7 Å². The molecule has 0 aliphatic carbocycles. The molecule has 0 saturated heterocycles. The Bertz CT molecular complexity index is 685. The van der Waals surface area contributed by atoms with Crippen LogP contribution < -0.4 is 4.72 Å². The highest BCUT2D eigenvalue weighted by Gasteiger charge is 2.28. The summed E-state index contributed by atoms with van der Waals surface area (Å²) in [7, 11) is -2.43. The summed E-state index contributed by atoms with van der Waals surface area (Å²) in [5, 5.41) is 9.11. The standard InChI is InChI=1S/C15H22N2O5S/c1-5-17(4)14(18)11-7-6-8-12(9-11)23(21,22)16-13(10(2)3)15(19)20/h6-10,13,16H,5H2,1-4H3,(H,19,20). The number of carboxylic acid groups (broad SMARTS) is 1. The van der Waals surface area contributed by atoms with Crippen LogP contribution in [0.4, 0.5) is 0 Å². The molecule has 1 atom stereocenters. The van der Waals surface area contributed by atoms with Crippen molar-refractivity contribution in [2.75, 3.05) is 13.6 Å². The first-order valence-corrected chi connectivity index (χ1v) is 8.69. The highest BCUT2D eigenvalue weighted by molar-refractivity contribution is 7.89. The van der Waals surface area contributed by atoms with E-state index in [0.29, 0.717) is 6.54 Å². The Labute approximate surface area is 136 Å². The second-order valence-electron chi connectivity index (χ2n) is 5.53. The lowest BCUT2D eigenvalue weighted by atomic mass is 10.1. The highest BCUT2D eigenvalue weighted by Crippen LogP contribution is 2.15. The number of carbonyl (C=O) groups excluding carboxylic acids is 1. The van der Waals surface area contributed by atoms with E-state index in [2.05, 4.69) is 4.72 Å². The summed E-state index contributed by atoms with van der Waals surface area (Å²) in [6.45, 7) is 5.51. The van der Waals surface area contributed by atoms with Crippen LogP contribution in [-0.4, -0.2) is 49.9 Å². The summed E-state index contributed by atoms with van der Waals surface area (Å²) < 4.78 is 26.9. The number of rotatable bonds is 7. The molecule has 1 aromatic rings. The number of sulfonamides is 1. The summed E-state index contributed by atoms with van der Waals surface area (Å²) in [5.41, 5.74) is 0.230. The Hall–Kier alpha value is -1.93. The average molecular weight is 342 g/mol. The molecule has 1 aromatic carbocycles. The molecule has 0 saturated carbocycles. The first kappa shape index (κ1) is 19.1. The molecule has 0 aromatic heterocycles. The molecule has 1 rings (SSSR count). The molecular weight excluding hydrogens is 320 g/mol. The number of hydrogen-bond acceptors (Lipinski definition) is 4. The number of nitrogens with zero attached hydrogens (tertiary/aromatic N) is 1. The zero-order valence-electron chi connectivity index (χ0n) is 13.6. The van der Waals surface area contributed by atoms with Gasteiger partial charge < -0.3 is 10.0 Å². The van der Waals surface area contributed by atoms with Gasteiger partial charge in [-0.25, -0.2) is 8.42 Å². The Balaban J connectivity index is 3.15. The van der Waals surface area contributed by atoms with Gasteiger partial charge in [-0.15, -0.1) is 0 Å². The summed E-state index contributed by atoms with van der Waals surface area (Å²) in [4.78, 5) is 24.6. The van der Waals surface area contributed by atoms with Crippen LogP contribution in [0.2, 0.25) is 0 Å².